The molecule has 1 amide bonds. The minimum Gasteiger partial charge on any atom is -0.373 e. The molecule has 2 aromatic rings. The Labute approximate surface area is 132 Å². The minimum atomic E-state index is -0.312. The van der Waals surface area contributed by atoms with Crippen molar-refractivity contribution in [1.29, 1.82) is 0 Å². The van der Waals surface area contributed by atoms with E-state index in [2.05, 4.69) is 15.6 Å². The van der Waals surface area contributed by atoms with Crippen LogP contribution in [0.4, 0.5) is 11.4 Å². The van der Waals surface area contributed by atoms with Crippen LogP contribution in [-0.4, -0.2) is 16.9 Å². The van der Waals surface area contributed by atoms with E-state index in [9.17, 15) is 4.79 Å². The summed E-state index contributed by atoms with van der Waals surface area (Å²) in [4.78, 5) is 16.3. The summed E-state index contributed by atoms with van der Waals surface area (Å²) in [5.74, 6) is -0.139. The molecule has 0 saturated heterocycles. The monoisotopic (exact) mass is 321 g/mol. The topological polar surface area (TPSA) is 54.0 Å². The molecule has 108 valence electrons. The van der Waals surface area contributed by atoms with Gasteiger partial charge in [-0.15, -0.1) is 0 Å². The van der Waals surface area contributed by atoms with Gasteiger partial charge in [0, 0.05) is 12.1 Å². The Morgan fingerprint density at radius 2 is 2.14 bits per heavy atom. The van der Waals surface area contributed by atoms with Crippen LogP contribution in [0.5, 0.6) is 0 Å². The Kier molecular flexibility index (Phi) is 3.74. The first kappa shape index (κ1) is 14.2. The number of fused-ring (bicyclic) bond motifs is 1. The second kappa shape index (κ2) is 5.54. The maximum Gasteiger partial charge on any atom is 0.247 e. The number of carbonyl (C=O) groups is 1. The molecule has 0 spiro atoms. The highest BCUT2D eigenvalue weighted by molar-refractivity contribution is 6.34. The summed E-state index contributed by atoms with van der Waals surface area (Å²) < 4.78 is 0. The second-order valence-electron chi connectivity index (χ2n) is 4.98. The lowest BCUT2D eigenvalue weighted by atomic mass is 10.1. The molecule has 1 aromatic carbocycles. The zero-order valence-electron chi connectivity index (χ0n) is 11.3. The van der Waals surface area contributed by atoms with Crippen molar-refractivity contribution in [3.8, 4) is 0 Å². The van der Waals surface area contributed by atoms with Crippen molar-refractivity contribution < 1.29 is 4.79 Å². The number of rotatable bonds is 2. The van der Waals surface area contributed by atoms with Crippen molar-refractivity contribution in [3.05, 3.63) is 51.8 Å². The zero-order chi connectivity index (χ0) is 15.0. The van der Waals surface area contributed by atoms with Crippen molar-refractivity contribution in [2.45, 2.75) is 19.4 Å². The number of hydrogen-bond acceptors (Lipinski definition) is 3. The summed E-state index contributed by atoms with van der Waals surface area (Å²) in [7, 11) is 0. The molecule has 2 N–H and O–H groups in total. The Bertz CT molecular complexity index is 670. The van der Waals surface area contributed by atoms with E-state index in [0.717, 1.165) is 16.8 Å². The Morgan fingerprint density at radius 1 is 1.38 bits per heavy atom. The average Bonchev–Trinajstić information content (AvgIpc) is 2.86. The Hall–Kier alpha value is -1.78. The van der Waals surface area contributed by atoms with Crippen LogP contribution in [0.3, 0.4) is 0 Å². The first-order valence-electron chi connectivity index (χ1n) is 6.52. The summed E-state index contributed by atoms with van der Waals surface area (Å²) in [5, 5.41) is 6.54. The normalized spacial score (nSPS) is 16.2. The number of hydrogen-bond donors (Lipinski definition) is 2. The number of aromatic nitrogens is 1. The van der Waals surface area contributed by atoms with Gasteiger partial charge in [0.15, 0.2) is 5.15 Å². The quantitative estimate of drug-likeness (QED) is 0.830. The molecular weight excluding hydrogens is 309 g/mol. The van der Waals surface area contributed by atoms with Gasteiger partial charge in [0.05, 0.1) is 5.69 Å². The molecule has 0 aliphatic carbocycles. The average molecular weight is 322 g/mol. The van der Waals surface area contributed by atoms with Crippen LogP contribution in [0.15, 0.2) is 30.3 Å². The van der Waals surface area contributed by atoms with Crippen LogP contribution in [-0.2, 0) is 11.2 Å². The molecule has 0 fully saturated rings. The van der Waals surface area contributed by atoms with Crippen molar-refractivity contribution in [2.75, 3.05) is 10.6 Å². The minimum absolute atomic E-state index is 0.139. The van der Waals surface area contributed by atoms with Gasteiger partial charge in [0.1, 0.15) is 11.2 Å². The van der Waals surface area contributed by atoms with E-state index in [4.69, 9.17) is 23.2 Å². The van der Waals surface area contributed by atoms with Crippen LogP contribution >= 0.6 is 23.2 Å². The lowest BCUT2D eigenvalue weighted by Gasteiger charge is -2.14. The van der Waals surface area contributed by atoms with Crippen molar-refractivity contribution in [2.24, 2.45) is 0 Å². The van der Waals surface area contributed by atoms with Gasteiger partial charge in [-0.3, -0.25) is 4.79 Å². The van der Waals surface area contributed by atoms with Crippen molar-refractivity contribution in [3.63, 3.8) is 0 Å². The lowest BCUT2D eigenvalue weighted by Crippen LogP contribution is -2.33. The number of nitrogens with zero attached hydrogens (tertiary/aromatic N) is 1. The summed E-state index contributed by atoms with van der Waals surface area (Å²) in [6.07, 6.45) is 0.652. The second-order valence-corrected chi connectivity index (χ2v) is 5.72. The molecular formula is C15H13Cl2N3O. The third kappa shape index (κ3) is 2.82. The van der Waals surface area contributed by atoms with E-state index in [1.54, 1.807) is 6.07 Å². The predicted molar refractivity (Wildman–Crippen MR) is 85.2 cm³/mol. The van der Waals surface area contributed by atoms with Crippen LogP contribution in [0, 0.1) is 6.92 Å². The smallest absolute Gasteiger partial charge is 0.247 e. The third-order valence-corrected chi connectivity index (χ3v) is 3.94. The van der Waals surface area contributed by atoms with E-state index in [0.29, 0.717) is 17.3 Å². The highest BCUT2D eigenvalue weighted by atomic mass is 35.5. The molecule has 21 heavy (non-hydrogen) atoms. The largest absolute Gasteiger partial charge is 0.373 e. The fraction of sp³-hybridized carbons (Fsp3) is 0.200. The van der Waals surface area contributed by atoms with Gasteiger partial charge < -0.3 is 10.6 Å². The first-order chi connectivity index (χ1) is 10.0. The number of nitrogens with one attached hydrogen (secondary N) is 2. The van der Waals surface area contributed by atoms with Crippen LogP contribution in [0.2, 0.25) is 10.3 Å². The van der Waals surface area contributed by atoms with Gasteiger partial charge in [-0.2, -0.15) is 0 Å². The number of anilines is 2. The van der Waals surface area contributed by atoms with Crippen LogP contribution < -0.4 is 10.6 Å². The lowest BCUT2D eigenvalue weighted by molar-refractivity contribution is -0.116. The fourth-order valence-electron chi connectivity index (χ4n) is 2.41. The van der Waals surface area contributed by atoms with E-state index >= 15 is 0 Å². The first-order valence-corrected chi connectivity index (χ1v) is 7.28. The summed E-state index contributed by atoms with van der Waals surface area (Å²) in [5.41, 5.74) is 3.41. The number of pyridine rings is 1. The molecule has 0 bridgehead atoms. The fourth-order valence-corrected chi connectivity index (χ4v) is 2.99. The summed E-state index contributed by atoms with van der Waals surface area (Å²) in [6.45, 7) is 1.83. The SMILES string of the molecule is Cc1cc(Cl)nc(Cl)c1NC(=O)[C@@H]1Cc2ccccc2N1. The zero-order valence-corrected chi connectivity index (χ0v) is 12.8. The van der Waals surface area contributed by atoms with Gasteiger partial charge >= 0.3 is 0 Å². The van der Waals surface area contributed by atoms with Gasteiger partial charge in [-0.25, -0.2) is 4.98 Å². The standard InChI is InChI=1S/C15H13Cl2N3O/c1-8-6-12(16)19-14(17)13(8)20-15(21)11-7-9-4-2-3-5-10(9)18-11/h2-6,11,18H,7H2,1H3,(H,20,21)/t11-/m0/s1. The molecule has 1 atom stereocenters. The van der Waals surface area contributed by atoms with E-state index < -0.39 is 0 Å². The Morgan fingerprint density at radius 3 is 2.86 bits per heavy atom. The Balaban J connectivity index is 1.77. The maximum atomic E-state index is 12.4. The third-order valence-electron chi connectivity index (χ3n) is 3.48. The number of halogens is 2. The molecule has 1 aliphatic heterocycles. The van der Waals surface area contributed by atoms with Gasteiger partial charge in [0.2, 0.25) is 5.91 Å². The molecule has 1 aromatic heterocycles. The van der Waals surface area contributed by atoms with Gasteiger partial charge in [-0.1, -0.05) is 41.4 Å². The van der Waals surface area contributed by atoms with Crippen molar-refractivity contribution >= 4 is 40.5 Å². The molecule has 6 heteroatoms. The van der Waals surface area contributed by atoms with Crippen LogP contribution in [0.1, 0.15) is 11.1 Å². The van der Waals surface area contributed by atoms with E-state index in [1.807, 2.05) is 31.2 Å². The summed E-state index contributed by atoms with van der Waals surface area (Å²) in [6, 6.07) is 9.23. The van der Waals surface area contributed by atoms with Crippen molar-refractivity contribution in [1.82, 2.24) is 4.98 Å². The highest BCUT2D eigenvalue weighted by Gasteiger charge is 2.27. The molecule has 1 aliphatic rings. The molecule has 4 nitrogen and oxygen atoms in total. The molecule has 3 rings (SSSR count). The van der Waals surface area contributed by atoms with Gasteiger partial charge in [0.25, 0.3) is 0 Å². The number of amides is 1. The molecule has 0 unspecified atom stereocenters. The molecule has 2 heterocycles. The number of carbonyl (C=O) groups excluding carboxylic acids is 1. The molecule has 0 saturated carbocycles. The maximum absolute atomic E-state index is 12.4. The van der Waals surface area contributed by atoms with Crippen LogP contribution in [0.25, 0.3) is 0 Å². The van der Waals surface area contributed by atoms with E-state index in [1.165, 1.54) is 0 Å². The van der Waals surface area contributed by atoms with E-state index in [-0.39, 0.29) is 17.1 Å². The number of aryl methyl sites for hydroxylation is 1. The number of para-hydroxylation sites is 1. The highest BCUT2D eigenvalue weighted by Crippen LogP contribution is 2.29. The summed E-state index contributed by atoms with van der Waals surface area (Å²) >= 11 is 11.9. The molecule has 0 radical (unpaired) electrons. The van der Waals surface area contributed by atoms with Gasteiger partial charge in [-0.05, 0) is 30.2 Å². The number of benzene rings is 1. The predicted octanol–water partition coefficient (Wildman–Crippen LogP) is 3.67.